The fourth-order valence-corrected chi connectivity index (χ4v) is 3.64. The van der Waals surface area contributed by atoms with Gasteiger partial charge in [-0.3, -0.25) is 14.3 Å². The monoisotopic (exact) mass is 359 g/mol. The van der Waals surface area contributed by atoms with Gasteiger partial charge in [-0.25, -0.2) is 4.79 Å². The molecule has 1 fully saturated rings. The van der Waals surface area contributed by atoms with Crippen LogP contribution in [-0.4, -0.2) is 54.4 Å². The van der Waals surface area contributed by atoms with Crippen LogP contribution in [0.3, 0.4) is 0 Å². The van der Waals surface area contributed by atoms with E-state index in [1.807, 2.05) is 13.1 Å². The number of rotatable bonds is 5. The standard InChI is InChI=1S/C15H26N2O6Si/c1-15(2,3)24(4,5)23-12-11(20)9(8-18)22-13(12)17-7-6-10(19)16-14(17)21/h6-7,9,11-13,18,20H,8H2,1-5H3,(H,16,19,21)/t9-,11+,12?,13-/m1/s1/i18D. The number of aromatic nitrogens is 2. The number of aliphatic hydroxyl groups excluding tert-OH is 2. The molecule has 9 heteroatoms. The molecule has 8 nitrogen and oxygen atoms in total. The summed E-state index contributed by atoms with van der Waals surface area (Å²) in [4.78, 5) is 25.6. The lowest BCUT2D eigenvalue weighted by Crippen LogP contribution is -2.49. The number of hydrogen-bond donors (Lipinski definition) is 3. The Balaban J connectivity index is 2.40. The fraction of sp³-hybridized carbons (Fsp3) is 0.733. The van der Waals surface area contributed by atoms with E-state index in [4.69, 9.17) is 10.6 Å². The second-order valence-electron chi connectivity index (χ2n) is 7.58. The molecule has 2 rings (SSSR count). The third-order valence-corrected chi connectivity index (χ3v) is 9.31. The van der Waals surface area contributed by atoms with Gasteiger partial charge < -0.3 is 19.4 Å². The van der Waals surface area contributed by atoms with E-state index in [0.717, 1.165) is 0 Å². The van der Waals surface area contributed by atoms with Crippen molar-refractivity contribution in [2.45, 2.75) is 63.4 Å². The molecule has 1 aromatic rings. The van der Waals surface area contributed by atoms with Gasteiger partial charge in [0.15, 0.2) is 14.5 Å². The van der Waals surface area contributed by atoms with E-state index in [1.54, 1.807) is 0 Å². The van der Waals surface area contributed by atoms with Crippen LogP contribution in [0.15, 0.2) is 21.9 Å². The smallest absolute Gasteiger partial charge is 0.330 e. The van der Waals surface area contributed by atoms with E-state index in [-0.39, 0.29) is 11.6 Å². The lowest BCUT2D eigenvalue weighted by molar-refractivity contribution is -0.0534. The molecule has 1 aliphatic rings. The summed E-state index contributed by atoms with van der Waals surface area (Å²) in [6.45, 7) is 10.1. The average Bonchev–Trinajstić information content (AvgIpc) is 2.75. The third kappa shape index (κ3) is 3.54. The van der Waals surface area contributed by atoms with Gasteiger partial charge in [0.25, 0.3) is 5.56 Å². The van der Waals surface area contributed by atoms with Crippen LogP contribution in [0.2, 0.25) is 18.1 Å². The van der Waals surface area contributed by atoms with Crippen LogP contribution in [0.1, 0.15) is 27.0 Å². The summed E-state index contributed by atoms with van der Waals surface area (Å²) in [5.74, 6) is 0. The minimum Gasteiger partial charge on any atom is -0.407 e. The Morgan fingerprint density at radius 3 is 2.67 bits per heavy atom. The number of nitrogens with zero attached hydrogens (tertiary/aromatic N) is 1. The molecule has 0 radical (unpaired) electrons. The van der Waals surface area contributed by atoms with E-state index in [9.17, 15) is 14.7 Å². The highest BCUT2D eigenvalue weighted by Gasteiger charge is 2.50. The third-order valence-electron chi connectivity index (χ3n) is 4.84. The first-order valence-corrected chi connectivity index (χ1v) is 10.8. The van der Waals surface area contributed by atoms with E-state index in [2.05, 4.69) is 30.9 Å². The van der Waals surface area contributed by atoms with Crippen molar-refractivity contribution >= 4 is 8.32 Å². The quantitative estimate of drug-likeness (QED) is 0.646. The number of ether oxygens (including phenoxy) is 1. The van der Waals surface area contributed by atoms with Crippen molar-refractivity contribution in [3.8, 4) is 0 Å². The van der Waals surface area contributed by atoms with Crippen molar-refractivity contribution in [1.82, 2.24) is 9.55 Å². The molecular formula is C15H26N2O6Si. The van der Waals surface area contributed by atoms with Crippen molar-refractivity contribution in [2.24, 2.45) is 0 Å². The summed E-state index contributed by atoms with van der Waals surface area (Å²) in [7, 11) is -2.28. The molecule has 0 saturated carbocycles. The zero-order valence-corrected chi connectivity index (χ0v) is 15.6. The number of H-pyrrole nitrogens is 1. The molecule has 4 atom stereocenters. The Kier molecular flexibility index (Phi) is 4.80. The summed E-state index contributed by atoms with van der Waals surface area (Å²) < 4.78 is 20.1. The molecule has 1 aromatic heterocycles. The molecule has 0 spiro atoms. The summed E-state index contributed by atoms with van der Waals surface area (Å²) in [6, 6.07) is 1.20. The molecule has 0 amide bonds. The highest BCUT2D eigenvalue weighted by molar-refractivity contribution is 6.74. The first-order chi connectivity index (χ1) is 11.5. The zero-order chi connectivity index (χ0) is 19.0. The van der Waals surface area contributed by atoms with E-state index < -0.39 is 44.1 Å². The Hall–Kier alpha value is -1.26. The Morgan fingerprint density at radius 2 is 2.12 bits per heavy atom. The number of aromatic amines is 1. The van der Waals surface area contributed by atoms with Crippen molar-refractivity contribution < 1.29 is 19.4 Å². The van der Waals surface area contributed by atoms with Gasteiger partial charge in [0, 0.05) is 12.3 Å². The summed E-state index contributed by atoms with van der Waals surface area (Å²) in [6.07, 6.45) is -2.30. The molecule has 3 N–H and O–H groups in total. The van der Waals surface area contributed by atoms with Gasteiger partial charge in [-0.15, -0.1) is 0 Å². The van der Waals surface area contributed by atoms with Crippen LogP contribution in [-0.2, 0) is 9.16 Å². The van der Waals surface area contributed by atoms with Gasteiger partial charge in [0.1, 0.15) is 18.3 Å². The molecule has 1 saturated heterocycles. The van der Waals surface area contributed by atoms with Crippen molar-refractivity contribution in [1.29, 1.82) is 1.43 Å². The maximum absolute atomic E-state index is 12.1. The van der Waals surface area contributed by atoms with Crippen molar-refractivity contribution in [2.75, 3.05) is 6.61 Å². The van der Waals surface area contributed by atoms with Gasteiger partial charge in [0.2, 0.25) is 1.43 Å². The maximum atomic E-state index is 12.1. The fourth-order valence-electron chi connectivity index (χ4n) is 2.35. The van der Waals surface area contributed by atoms with Gasteiger partial charge in [-0.2, -0.15) is 0 Å². The number of hydrogen-bond acceptors (Lipinski definition) is 6. The molecule has 2 heterocycles. The van der Waals surface area contributed by atoms with Gasteiger partial charge in [0.05, 0.1) is 6.61 Å². The van der Waals surface area contributed by atoms with E-state index in [0.29, 0.717) is 0 Å². The van der Waals surface area contributed by atoms with Crippen LogP contribution in [0, 0.1) is 0 Å². The molecule has 0 aliphatic carbocycles. The molecule has 0 bridgehead atoms. The normalized spacial score (nSPS) is 28.8. The number of aliphatic hydroxyl groups is 2. The number of nitrogens with one attached hydrogen (secondary N) is 1. The van der Waals surface area contributed by atoms with Gasteiger partial charge in [-0.05, 0) is 18.1 Å². The summed E-state index contributed by atoms with van der Waals surface area (Å²) in [5, 5.41) is 14.8. The predicted octanol–water partition coefficient (Wildman–Crippen LogP) is 0.178. The van der Waals surface area contributed by atoms with E-state index in [1.165, 1.54) is 16.8 Å². The van der Waals surface area contributed by atoms with E-state index >= 15 is 0 Å². The molecule has 136 valence electrons. The topological polar surface area (TPSA) is 114 Å². The molecule has 1 aliphatic heterocycles. The summed E-state index contributed by atoms with van der Waals surface area (Å²) >= 11 is 0. The Labute approximate surface area is 142 Å². The first kappa shape index (κ1) is 17.6. The second-order valence-corrected chi connectivity index (χ2v) is 12.3. The average molecular weight is 359 g/mol. The Bertz CT molecular complexity index is 713. The molecule has 0 aromatic carbocycles. The second kappa shape index (κ2) is 6.56. The largest absolute Gasteiger partial charge is 0.407 e. The SMILES string of the molecule is [2H]OC[C@H]1O[C@@H](n2ccc(=O)[nH]c2=O)C(O[Si](C)(C)C(C)(C)C)[C@H]1O. The van der Waals surface area contributed by atoms with Crippen LogP contribution in [0.5, 0.6) is 0 Å². The lowest BCUT2D eigenvalue weighted by Gasteiger charge is -2.40. The van der Waals surface area contributed by atoms with Crippen LogP contribution in [0.4, 0.5) is 0 Å². The molecule has 24 heavy (non-hydrogen) atoms. The van der Waals surface area contributed by atoms with Crippen molar-refractivity contribution in [3.63, 3.8) is 0 Å². The van der Waals surface area contributed by atoms with Crippen molar-refractivity contribution in [3.05, 3.63) is 33.1 Å². The van der Waals surface area contributed by atoms with Crippen LogP contribution >= 0.6 is 0 Å². The zero-order valence-electron chi connectivity index (χ0n) is 15.6. The summed E-state index contributed by atoms with van der Waals surface area (Å²) in [5.41, 5.74) is -1.17. The molecular weight excluding hydrogens is 332 g/mol. The Morgan fingerprint density at radius 1 is 1.46 bits per heavy atom. The predicted molar refractivity (Wildman–Crippen MR) is 90.4 cm³/mol. The highest BCUT2D eigenvalue weighted by Crippen LogP contribution is 2.41. The first-order valence-electron chi connectivity index (χ1n) is 8.29. The highest BCUT2D eigenvalue weighted by atomic mass is 28.4. The lowest BCUT2D eigenvalue weighted by atomic mass is 10.1. The minimum absolute atomic E-state index is 0.114. The molecule has 1 unspecified atom stereocenters. The maximum Gasteiger partial charge on any atom is 0.330 e. The van der Waals surface area contributed by atoms with Crippen LogP contribution < -0.4 is 11.2 Å². The minimum atomic E-state index is -2.28. The van der Waals surface area contributed by atoms with Gasteiger partial charge in [-0.1, -0.05) is 20.8 Å². The van der Waals surface area contributed by atoms with Gasteiger partial charge >= 0.3 is 5.69 Å². The van der Waals surface area contributed by atoms with Crippen LogP contribution in [0.25, 0.3) is 0 Å².